The Balaban J connectivity index is 1.32. The third kappa shape index (κ3) is 4.31. The molecule has 1 aliphatic heterocycles. The zero-order valence-corrected chi connectivity index (χ0v) is 23.8. The van der Waals surface area contributed by atoms with Crippen LogP contribution in [-0.4, -0.2) is 64.6 Å². The number of imidazole rings is 1. The average molecular weight is 546 g/mol. The van der Waals surface area contributed by atoms with Gasteiger partial charge in [-0.25, -0.2) is 14.6 Å². The lowest BCUT2D eigenvalue weighted by Gasteiger charge is -2.46. The van der Waals surface area contributed by atoms with Crippen LogP contribution in [-0.2, 0) is 23.1 Å². The molecular weight excluding hydrogens is 510 g/mol. The summed E-state index contributed by atoms with van der Waals surface area (Å²) in [4.78, 5) is 31.9. The number of aryl methyl sites for hydroxylation is 1. The molecule has 10 nitrogen and oxygen atoms in total. The summed E-state index contributed by atoms with van der Waals surface area (Å²) in [6.07, 6.45) is 1.42. The molecule has 1 amide bonds. The molecule has 1 saturated carbocycles. The number of ether oxygens (including phenoxy) is 3. The first-order valence-corrected chi connectivity index (χ1v) is 13.6. The number of carbonyl (C=O) groups is 2. The molecular formula is C30H35N5O5. The topological polar surface area (TPSA) is 99.8 Å². The van der Waals surface area contributed by atoms with Gasteiger partial charge in [-0.15, -0.1) is 0 Å². The molecule has 0 bridgehead atoms. The monoisotopic (exact) mass is 545 g/mol. The summed E-state index contributed by atoms with van der Waals surface area (Å²) in [7, 11) is 4.92. The Hall–Kier alpha value is -4.21. The van der Waals surface area contributed by atoms with Crippen LogP contribution in [0.1, 0.15) is 44.0 Å². The number of hydrogen-bond donors (Lipinski definition) is 1. The van der Waals surface area contributed by atoms with Crippen molar-refractivity contribution in [2.24, 2.45) is 7.05 Å². The number of nitrogens with one attached hydrogen (secondary N) is 1. The van der Waals surface area contributed by atoms with Gasteiger partial charge in [0.1, 0.15) is 16.9 Å². The second kappa shape index (κ2) is 9.46. The third-order valence-electron chi connectivity index (χ3n) is 7.85. The maximum Gasteiger partial charge on any atom is 0.407 e. The first-order chi connectivity index (χ1) is 19.1. The van der Waals surface area contributed by atoms with Crippen LogP contribution in [0.15, 0.2) is 36.4 Å². The van der Waals surface area contributed by atoms with E-state index in [2.05, 4.69) is 39.0 Å². The Kier molecular flexibility index (Phi) is 6.16. The Morgan fingerprint density at radius 3 is 2.52 bits per heavy atom. The fourth-order valence-corrected chi connectivity index (χ4v) is 6.03. The number of aromatic nitrogens is 3. The van der Waals surface area contributed by atoms with Crippen LogP contribution < -0.4 is 15.0 Å². The third-order valence-corrected chi connectivity index (χ3v) is 7.85. The summed E-state index contributed by atoms with van der Waals surface area (Å²) >= 11 is 0. The van der Waals surface area contributed by atoms with Gasteiger partial charge in [-0.3, -0.25) is 0 Å². The van der Waals surface area contributed by atoms with Crippen molar-refractivity contribution >= 4 is 39.7 Å². The normalized spacial score (nSPS) is 18.5. The quantitative estimate of drug-likeness (QED) is 0.357. The molecule has 2 aliphatic rings. The van der Waals surface area contributed by atoms with Crippen LogP contribution in [0.2, 0.25) is 0 Å². The lowest BCUT2D eigenvalue weighted by molar-refractivity contribution is 0.0470. The molecule has 2 aromatic carbocycles. The summed E-state index contributed by atoms with van der Waals surface area (Å²) in [5, 5.41) is 4.16. The number of rotatable bonds is 5. The minimum absolute atomic E-state index is 0.119. The number of fused-ring (bicyclic) bond motifs is 1. The van der Waals surface area contributed by atoms with E-state index in [0.717, 1.165) is 48.4 Å². The predicted molar refractivity (Wildman–Crippen MR) is 153 cm³/mol. The first-order valence-electron chi connectivity index (χ1n) is 13.6. The molecule has 0 radical (unpaired) electrons. The van der Waals surface area contributed by atoms with Crippen molar-refractivity contribution in [3.8, 4) is 17.3 Å². The lowest BCUT2D eigenvalue weighted by Crippen LogP contribution is -2.55. The largest absolute Gasteiger partial charge is 0.494 e. The highest BCUT2D eigenvalue weighted by atomic mass is 16.6. The van der Waals surface area contributed by atoms with E-state index in [1.807, 2.05) is 32.4 Å². The van der Waals surface area contributed by atoms with E-state index in [0.29, 0.717) is 22.9 Å². The maximum atomic E-state index is 12.2. The molecule has 40 heavy (non-hydrogen) atoms. The van der Waals surface area contributed by atoms with Gasteiger partial charge in [-0.2, -0.15) is 0 Å². The smallest absolute Gasteiger partial charge is 0.407 e. The number of amides is 1. The van der Waals surface area contributed by atoms with Crippen molar-refractivity contribution in [2.45, 2.75) is 57.8 Å². The maximum absolute atomic E-state index is 12.2. The van der Waals surface area contributed by atoms with E-state index < -0.39 is 11.6 Å². The number of carbonyl (C=O) groups excluding carboxylic acids is 2. The molecule has 6 rings (SSSR count). The molecule has 3 heterocycles. The molecule has 2 aromatic heterocycles. The number of para-hydroxylation sites is 1. The summed E-state index contributed by atoms with van der Waals surface area (Å²) in [5.41, 5.74) is 4.77. The van der Waals surface area contributed by atoms with E-state index in [-0.39, 0.29) is 12.1 Å². The highest BCUT2D eigenvalue weighted by Crippen LogP contribution is 2.41. The molecule has 1 aliphatic carbocycles. The number of hydrogen-bond acceptors (Lipinski definition) is 7. The average Bonchev–Trinajstić information content (AvgIpc) is 3.43. The molecule has 0 unspecified atom stereocenters. The van der Waals surface area contributed by atoms with Gasteiger partial charge < -0.3 is 33.6 Å². The van der Waals surface area contributed by atoms with Gasteiger partial charge in [-0.1, -0.05) is 12.1 Å². The number of nitrogens with zero attached hydrogens (tertiary/aromatic N) is 4. The number of alkyl carbamates (subject to hydrolysis) is 1. The van der Waals surface area contributed by atoms with Crippen molar-refractivity contribution in [3.05, 3.63) is 42.0 Å². The van der Waals surface area contributed by atoms with Crippen molar-refractivity contribution in [1.29, 1.82) is 0 Å². The van der Waals surface area contributed by atoms with Gasteiger partial charge in [0.2, 0.25) is 0 Å². The van der Waals surface area contributed by atoms with Crippen LogP contribution in [0.5, 0.6) is 5.75 Å². The molecule has 210 valence electrons. The Morgan fingerprint density at radius 2 is 1.82 bits per heavy atom. The van der Waals surface area contributed by atoms with Gasteiger partial charge in [-0.05, 0) is 57.9 Å². The van der Waals surface area contributed by atoms with Crippen LogP contribution in [0.4, 0.5) is 10.5 Å². The molecule has 1 fully saturated rings. The summed E-state index contributed by atoms with van der Waals surface area (Å²) in [6.45, 7) is 7.29. The molecule has 0 atom stereocenters. The standard InChI is InChI=1S/C30H35N5O5/c1-30(2,3)40-29(37)31-19-15-20(16-19)34-10-11-35-23(13-17-8-7-9-22(34)25(17)35)27-32-21-12-18(28(36)39-6)14-24(38-5)26(21)33(27)4/h7-9,12-14,19-20H,10-11,15-16H2,1-6H3,(H,31,37). The van der Waals surface area contributed by atoms with Crippen LogP contribution in [0, 0.1) is 0 Å². The van der Waals surface area contributed by atoms with E-state index in [4.69, 9.17) is 19.2 Å². The highest BCUT2D eigenvalue weighted by Gasteiger charge is 2.38. The van der Waals surface area contributed by atoms with Gasteiger partial charge in [0.25, 0.3) is 0 Å². The Bertz CT molecular complexity index is 1640. The predicted octanol–water partition coefficient (Wildman–Crippen LogP) is 4.87. The zero-order chi connectivity index (χ0) is 28.3. The molecule has 4 aromatic rings. The lowest BCUT2D eigenvalue weighted by atomic mass is 9.85. The molecule has 0 spiro atoms. The Morgan fingerprint density at radius 1 is 1.05 bits per heavy atom. The zero-order valence-electron chi connectivity index (χ0n) is 23.8. The summed E-state index contributed by atoms with van der Waals surface area (Å²) < 4.78 is 20.4. The van der Waals surface area contributed by atoms with Gasteiger partial charge in [0.05, 0.1) is 42.2 Å². The number of benzene rings is 2. The fraction of sp³-hybridized carbons (Fsp3) is 0.433. The minimum atomic E-state index is -0.507. The van der Waals surface area contributed by atoms with E-state index in [9.17, 15) is 9.59 Å². The van der Waals surface area contributed by atoms with Crippen LogP contribution >= 0.6 is 0 Å². The minimum Gasteiger partial charge on any atom is -0.494 e. The van der Waals surface area contributed by atoms with E-state index in [1.54, 1.807) is 19.2 Å². The van der Waals surface area contributed by atoms with E-state index in [1.165, 1.54) is 18.3 Å². The number of anilines is 1. The summed E-state index contributed by atoms with van der Waals surface area (Å²) in [5.74, 6) is 0.941. The van der Waals surface area contributed by atoms with Crippen molar-refractivity contribution < 1.29 is 23.8 Å². The Labute approximate surface area is 232 Å². The second-order valence-corrected chi connectivity index (χ2v) is 11.6. The van der Waals surface area contributed by atoms with Crippen molar-refractivity contribution in [3.63, 3.8) is 0 Å². The molecule has 0 saturated heterocycles. The van der Waals surface area contributed by atoms with Gasteiger partial charge in [0.15, 0.2) is 5.82 Å². The fourth-order valence-electron chi connectivity index (χ4n) is 6.03. The number of methoxy groups -OCH3 is 2. The van der Waals surface area contributed by atoms with Crippen molar-refractivity contribution in [2.75, 3.05) is 25.7 Å². The summed E-state index contributed by atoms with van der Waals surface area (Å²) in [6, 6.07) is 12.5. The SMILES string of the molecule is COC(=O)c1cc(OC)c2c(c1)nc(-c1cc3cccc4c3n1CCN4C1CC(NC(=O)OC(C)(C)C)C1)n2C. The van der Waals surface area contributed by atoms with E-state index >= 15 is 0 Å². The van der Waals surface area contributed by atoms with Crippen LogP contribution in [0.3, 0.4) is 0 Å². The molecule has 10 heteroatoms. The first kappa shape index (κ1) is 26.0. The number of esters is 1. The molecule has 1 N–H and O–H groups in total. The second-order valence-electron chi connectivity index (χ2n) is 11.6. The van der Waals surface area contributed by atoms with Gasteiger partial charge in [0, 0.05) is 37.6 Å². The van der Waals surface area contributed by atoms with Gasteiger partial charge >= 0.3 is 12.1 Å². The van der Waals surface area contributed by atoms with Crippen LogP contribution in [0.25, 0.3) is 33.5 Å². The highest BCUT2D eigenvalue weighted by molar-refractivity contribution is 5.99. The van der Waals surface area contributed by atoms with Crippen molar-refractivity contribution in [1.82, 2.24) is 19.4 Å².